The minimum atomic E-state index is -0.181. The van der Waals surface area contributed by atoms with E-state index in [1.807, 2.05) is 20.8 Å². The Morgan fingerprint density at radius 2 is 2.00 bits per heavy atom. The van der Waals surface area contributed by atoms with E-state index in [0.717, 1.165) is 29.0 Å². The zero-order valence-corrected chi connectivity index (χ0v) is 14.0. The van der Waals surface area contributed by atoms with Gasteiger partial charge in [0.1, 0.15) is 10.6 Å². The summed E-state index contributed by atoms with van der Waals surface area (Å²) >= 11 is 1.71. The van der Waals surface area contributed by atoms with Crippen LogP contribution in [0.15, 0.2) is 6.07 Å². The first-order valence-electron chi connectivity index (χ1n) is 7.38. The number of hydrogen-bond donors (Lipinski definition) is 3. The molecule has 6 heteroatoms. The molecule has 21 heavy (non-hydrogen) atoms. The molecule has 3 N–H and O–H groups in total. The molecule has 0 spiro atoms. The summed E-state index contributed by atoms with van der Waals surface area (Å²) in [6.45, 7) is 9.81. The lowest BCUT2D eigenvalue weighted by Crippen LogP contribution is -2.27. The molecule has 0 aliphatic carbocycles. The second-order valence-corrected chi connectivity index (χ2v) is 7.00. The predicted octanol–water partition coefficient (Wildman–Crippen LogP) is 3.12. The zero-order chi connectivity index (χ0) is 15.5. The Hall–Kier alpha value is -1.40. The number of aliphatic hydroxyl groups is 1. The molecule has 0 bridgehead atoms. The lowest BCUT2D eigenvalue weighted by molar-refractivity contribution is 0.171. The number of fused-ring (bicyclic) bond motifs is 1. The van der Waals surface area contributed by atoms with E-state index in [1.165, 1.54) is 4.88 Å². The van der Waals surface area contributed by atoms with Crippen LogP contribution in [-0.4, -0.2) is 34.8 Å². The maximum absolute atomic E-state index is 9.38. The fraction of sp³-hybridized carbons (Fsp3) is 0.600. The Balaban J connectivity index is 2.36. The van der Waals surface area contributed by atoms with Gasteiger partial charge in [-0.2, -0.15) is 4.98 Å². The average Bonchev–Trinajstić information content (AvgIpc) is 2.88. The molecule has 2 heterocycles. The zero-order valence-electron chi connectivity index (χ0n) is 13.2. The Bertz CT molecular complexity index is 609. The Labute approximate surface area is 129 Å². The molecule has 0 atom stereocenters. The Morgan fingerprint density at radius 1 is 1.24 bits per heavy atom. The maximum Gasteiger partial charge on any atom is 0.226 e. The number of anilines is 2. The van der Waals surface area contributed by atoms with Gasteiger partial charge in [-0.3, -0.25) is 0 Å². The van der Waals surface area contributed by atoms with Crippen molar-refractivity contribution in [1.82, 2.24) is 9.97 Å². The number of aromatic nitrogens is 2. The third-order valence-corrected chi connectivity index (χ3v) is 4.46. The number of nitrogens with zero attached hydrogens (tertiary/aromatic N) is 2. The van der Waals surface area contributed by atoms with E-state index in [9.17, 15) is 5.11 Å². The summed E-state index contributed by atoms with van der Waals surface area (Å²) in [7, 11) is 0. The van der Waals surface area contributed by atoms with Crippen LogP contribution in [0, 0.1) is 5.41 Å². The molecule has 0 fully saturated rings. The van der Waals surface area contributed by atoms with Crippen molar-refractivity contribution in [2.24, 2.45) is 5.41 Å². The van der Waals surface area contributed by atoms with Crippen molar-refractivity contribution in [3.63, 3.8) is 0 Å². The number of aryl methyl sites for hydroxylation is 1. The summed E-state index contributed by atoms with van der Waals surface area (Å²) < 4.78 is 0. The number of rotatable bonds is 7. The fourth-order valence-electron chi connectivity index (χ4n) is 1.90. The van der Waals surface area contributed by atoms with Crippen LogP contribution in [0.4, 0.5) is 11.8 Å². The van der Waals surface area contributed by atoms with E-state index in [1.54, 1.807) is 11.3 Å². The van der Waals surface area contributed by atoms with Crippen molar-refractivity contribution in [3.05, 3.63) is 10.9 Å². The van der Waals surface area contributed by atoms with E-state index in [-0.39, 0.29) is 12.0 Å². The summed E-state index contributed by atoms with van der Waals surface area (Å²) in [5.74, 6) is 1.49. The number of nitrogens with one attached hydrogen (secondary N) is 2. The molecule has 0 amide bonds. The standard InChI is InChI=1S/C15H24N4OS/c1-5-10-7-11-12(17-8-15(3,4)9-20)18-14(16-6-2)19-13(11)21-10/h7,20H,5-6,8-9H2,1-4H3,(H2,16,17,18,19). The predicted molar refractivity (Wildman–Crippen MR) is 90.3 cm³/mol. The lowest BCUT2D eigenvalue weighted by Gasteiger charge is -2.22. The third-order valence-electron chi connectivity index (χ3n) is 3.29. The smallest absolute Gasteiger partial charge is 0.226 e. The highest BCUT2D eigenvalue weighted by atomic mass is 32.1. The van der Waals surface area contributed by atoms with Crippen LogP contribution in [0.3, 0.4) is 0 Å². The summed E-state index contributed by atoms with van der Waals surface area (Å²) in [5.41, 5.74) is -0.181. The molecule has 2 aromatic rings. The van der Waals surface area contributed by atoms with Gasteiger partial charge in [0.15, 0.2) is 0 Å². The molecule has 0 aliphatic heterocycles. The summed E-state index contributed by atoms with van der Waals surface area (Å²) in [6.07, 6.45) is 0.999. The van der Waals surface area contributed by atoms with E-state index in [0.29, 0.717) is 12.5 Å². The first-order valence-corrected chi connectivity index (χ1v) is 8.19. The molecule has 2 aromatic heterocycles. The second-order valence-electron chi connectivity index (χ2n) is 5.89. The molecule has 2 rings (SSSR count). The SMILES string of the molecule is CCNc1nc(NCC(C)(C)CO)c2cc(CC)sc2n1. The van der Waals surface area contributed by atoms with Gasteiger partial charge >= 0.3 is 0 Å². The van der Waals surface area contributed by atoms with E-state index < -0.39 is 0 Å². The second kappa shape index (κ2) is 6.58. The normalized spacial score (nSPS) is 11.9. The molecule has 116 valence electrons. The summed E-state index contributed by atoms with van der Waals surface area (Å²) in [4.78, 5) is 11.4. The van der Waals surface area contributed by atoms with Crippen molar-refractivity contribution >= 4 is 33.3 Å². The maximum atomic E-state index is 9.38. The van der Waals surface area contributed by atoms with Gasteiger partial charge in [-0.1, -0.05) is 20.8 Å². The molecule has 0 aromatic carbocycles. The lowest BCUT2D eigenvalue weighted by atomic mass is 9.95. The quantitative estimate of drug-likeness (QED) is 0.733. The monoisotopic (exact) mass is 308 g/mol. The first-order chi connectivity index (χ1) is 9.99. The Kier molecular flexibility index (Phi) is 5.00. The van der Waals surface area contributed by atoms with Crippen LogP contribution in [0.25, 0.3) is 10.2 Å². The van der Waals surface area contributed by atoms with E-state index >= 15 is 0 Å². The number of thiophene rings is 1. The average molecular weight is 308 g/mol. The largest absolute Gasteiger partial charge is 0.396 e. The molecule has 0 radical (unpaired) electrons. The highest BCUT2D eigenvalue weighted by Crippen LogP contribution is 2.31. The van der Waals surface area contributed by atoms with Crippen LogP contribution >= 0.6 is 11.3 Å². The molecule has 0 saturated heterocycles. The van der Waals surface area contributed by atoms with Gasteiger partial charge in [0, 0.05) is 30.0 Å². The van der Waals surface area contributed by atoms with Crippen LogP contribution in [0.2, 0.25) is 0 Å². The van der Waals surface area contributed by atoms with Crippen molar-refractivity contribution in [2.75, 3.05) is 30.3 Å². The minimum Gasteiger partial charge on any atom is -0.396 e. The fourth-order valence-corrected chi connectivity index (χ4v) is 2.86. The molecular formula is C15H24N4OS. The van der Waals surface area contributed by atoms with Crippen molar-refractivity contribution in [2.45, 2.75) is 34.1 Å². The number of aliphatic hydroxyl groups excluding tert-OH is 1. The van der Waals surface area contributed by atoms with Gasteiger partial charge in [-0.15, -0.1) is 11.3 Å². The summed E-state index contributed by atoms with van der Waals surface area (Å²) in [5, 5.41) is 17.0. The van der Waals surface area contributed by atoms with Crippen molar-refractivity contribution in [1.29, 1.82) is 0 Å². The molecule has 0 saturated carbocycles. The Morgan fingerprint density at radius 3 is 2.62 bits per heavy atom. The van der Waals surface area contributed by atoms with Crippen molar-refractivity contribution in [3.8, 4) is 0 Å². The molecule has 0 unspecified atom stereocenters. The van der Waals surface area contributed by atoms with Crippen molar-refractivity contribution < 1.29 is 5.11 Å². The van der Waals surface area contributed by atoms with E-state index in [2.05, 4.69) is 33.6 Å². The van der Waals surface area contributed by atoms with Crippen LogP contribution < -0.4 is 10.6 Å². The highest BCUT2D eigenvalue weighted by Gasteiger charge is 2.18. The molecule has 0 aliphatic rings. The highest BCUT2D eigenvalue weighted by molar-refractivity contribution is 7.18. The summed E-state index contributed by atoms with van der Waals surface area (Å²) in [6, 6.07) is 2.16. The van der Waals surface area contributed by atoms with Gasteiger partial charge in [0.2, 0.25) is 5.95 Å². The van der Waals surface area contributed by atoms with E-state index in [4.69, 9.17) is 0 Å². The third kappa shape index (κ3) is 3.83. The molecular weight excluding hydrogens is 284 g/mol. The first kappa shape index (κ1) is 16.0. The van der Waals surface area contributed by atoms with Gasteiger partial charge in [-0.05, 0) is 19.4 Å². The van der Waals surface area contributed by atoms with Gasteiger partial charge in [0.05, 0.1) is 5.39 Å². The van der Waals surface area contributed by atoms with Gasteiger partial charge in [-0.25, -0.2) is 4.98 Å². The van der Waals surface area contributed by atoms with Crippen LogP contribution in [0.5, 0.6) is 0 Å². The topological polar surface area (TPSA) is 70.1 Å². The van der Waals surface area contributed by atoms with Crippen LogP contribution in [-0.2, 0) is 6.42 Å². The molecule has 5 nitrogen and oxygen atoms in total. The van der Waals surface area contributed by atoms with Gasteiger partial charge in [0.25, 0.3) is 0 Å². The minimum absolute atomic E-state index is 0.137. The number of hydrogen-bond acceptors (Lipinski definition) is 6. The van der Waals surface area contributed by atoms with Crippen LogP contribution in [0.1, 0.15) is 32.6 Å². The van der Waals surface area contributed by atoms with Gasteiger partial charge < -0.3 is 15.7 Å².